The molecule has 2 heteroatoms. The van der Waals surface area contributed by atoms with Gasteiger partial charge in [0.15, 0.2) is 0 Å². The van der Waals surface area contributed by atoms with Crippen LogP contribution in [0.5, 0.6) is 0 Å². The number of carbonyl (C=O) groups excluding carboxylic acids is 2. The van der Waals surface area contributed by atoms with E-state index in [1.807, 2.05) is 0 Å². The average Bonchev–Trinajstić information content (AvgIpc) is 2.70. The summed E-state index contributed by atoms with van der Waals surface area (Å²) in [6.07, 6.45) is 27.0. The van der Waals surface area contributed by atoms with Crippen molar-refractivity contribution >= 4 is 11.6 Å². The van der Waals surface area contributed by atoms with Crippen LogP contribution in [0.4, 0.5) is 0 Å². The van der Waals surface area contributed by atoms with Gasteiger partial charge in [0.2, 0.25) is 0 Å². The lowest BCUT2D eigenvalue weighted by atomic mass is 9.86. The highest BCUT2D eigenvalue weighted by Crippen LogP contribution is 2.24. The summed E-state index contributed by atoms with van der Waals surface area (Å²) in [6.45, 7) is 4.48. The lowest BCUT2D eigenvalue weighted by molar-refractivity contribution is -0.123. The van der Waals surface area contributed by atoms with Gasteiger partial charge in [-0.05, 0) is 38.0 Å². The summed E-state index contributed by atoms with van der Waals surface area (Å²) in [6, 6.07) is 0. The van der Waals surface area contributed by atoms with Gasteiger partial charge in [-0.3, -0.25) is 9.59 Å². The van der Waals surface area contributed by atoms with Crippen molar-refractivity contribution in [3.05, 3.63) is 0 Å². The minimum atomic E-state index is 0.370. The van der Waals surface area contributed by atoms with Gasteiger partial charge in [0.25, 0.3) is 0 Å². The number of Topliss-reactive ketones (excluding diaryl/α,β-unsaturated/α-hetero) is 2. The maximum Gasteiger partial charge on any atom is 0.135 e. The van der Waals surface area contributed by atoms with Crippen LogP contribution in [0.1, 0.15) is 155 Å². The van der Waals surface area contributed by atoms with Crippen LogP contribution in [0.15, 0.2) is 0 Å². The molecule has 176 valence electrons. The van der Waals surface area contributed by atoms with Gasteiger partial charge in [0.05, 0.1) is 0 Å². The Morgan fingerprint density at radius 3 is 1.37 bits per heavy atom. The molecule has 0 saturated heterocycles. The van der Waals surface area contributed by atoms with Crippen molar-refractivity contribution in [2.24, 2.45) is 11.8 Å². The molecule has 2 nitrogen and oxygen atoms in total. The van der Waals surface area contributed by atoms with E-state index in [2.05, 4.69) is 13.8 Å². The molecule has 2 fully saturated rings. The summed E-state index contributed by atoms with van der Waals surface area (Å²) in [5.41, 5.74) is 0. The van der Waals surface area contributed by atoms with E-state index >= 15 is 0 Å². The molecule has 2 saturated carbocycles. The van der Waals surface area contributed by atoms with Gasteiger partial charge < -0.3 is 0 Å². The van der Waals surface area contributed by atoms with Crippen LogP contribution in [0, 0.1) is 11.8 Å². The molecule has 0 N–H and O–H groups in total. The van der Waals surface area contributed by atoms with E-state index in [1.54, 1.807) is 0 Å². The summed E-state index contributed by atoms with van der Waals surface area (Å²) in [5, 5.41) is 0. The number of hydrogen-bond donors (Lipinski definition) is 0. The maximum absolute atomic E-state index is 12.2. The van der Waals surface area contributed by atoms with Crippen LogP contribution < -0.4 is 0 Å². The largest absolute Gasteiger partial charge is 0.300 e. The van der Waals surface area contributed by atoms with Crippen LogP contribution in [-0.4, -0.2) is 11.6 Å². The van der Waals surface area contributed by atoms with Crippen molar-refractivity contribution in [3.8, 4) is 0 Å². The average molecular weight is 421 g/mol. The Hall–Kier alpha value is -0.660. The maximum atomic E-state index is 12.2. The Kier molecular flexibility index (Phi) is 17.4. The lowest BCUT2D eigenvalue weighted by Gasteiger charge is -2.18. The highest BCUT2D eigenvalue weighted by molar-refractivity contribution is 5.80. The second kappa shape index (κ2) is 19.1. The molecule has 2 aliphatic rings. The van der Waals surface area contributed by atoms with Gasteiger partial charge in [-0.15, -0.1) is 0 Å². The van der Waals surface area contributed by atoms with Crippen LogP contribution >= 0.6 is 0 Å². The summed E-state index contributed by atoms with van der Waals surface area (Å²) >= 11 is 0. The molecule has 0 radical (unpaired) electrons. The Bertz CT molecular complexity index is 412. The first-order valence-electron chi connectivity index (χ1n) is 13.6. The van der Waals surface area contributed by atoms with Crippen LogP contribution in [0.25, 0.3) is 0 Å². The monoisotopic (exact) mass is 420 g/mol. The Morgan fingerprint density at radius 1 is 0.567 bits per heavy atom. The van der Waals surface area contributed by atoms with Crippen LogP contribution in [0.3, 0.4) is 0 Å². The van der Waals surface area contributed by atoms with Gasteiger partial charge in [0, 0.05) is 25.2 Å². The molecule has 0 aromatic carbocycles. The first-order valence-corrected chi connectivity index (χ1v) is 13.6. The Balaban J connectivity index is 0.000000311. The zero-order valence-electron chi connectivity index (χ0n) is 20.5. The normalized spacial score (nSPS) is 24.4. The molecule has 0 aliphatic heterocycles. The zero-order chi connectivity index (χ0) is 21.9. The number of carbonyl (C=O) groups is 2. The molecule has 1 atom stereocenters. The fourth-order valence-corrected chi connectivity index (χ4v) is 4.94. The number of hydrogen-bond acceptors (Lipinski definition) is 2. The predicted octanol–water partition coefficient (Wildman–Crippen LogP) is 8.99. The van der Waals surface area contributed by atoms with Crippen molar-refractivity contribution in [2.45, 2.75) is 155 Å². The molecule has 0 heterocycles. The van der Waals surface area contributed by atoms with Gasteiger partial charge >= 0.3 is 0 Å². The number of ketones is 2. The summed E-state index contributed by atoms with van der Waals surface area (Å²) in [5.74, 6) is 2.09. The third-order valence-electron chi connectivity index (χ3n) is 6.85. The van der Waals surface area contributed by atoms with Gasteiger partial charge in [-0.2, -0.15) is 0 Å². The summed E-state index contributed by atoms with van der Waals surface area (Å²) in [7, 11) is 0. The van der Waals surface area contributed by atoms with Crippen LogP contribution in [-0.2, 0) is 9.59 Å². The van der Waals surface area contributed by atoms with Crippen molar-refractivity contribution in [3.63, 3.8) is 0 Å². The van der Waals surface area contributed by atoms with E-state index in [-0.39, 0.29) is 0 Å². The van der Waals surface area contributed by atoms with Gasteiger partial charge in [-0.1, -0.05) is 104 Å². The van der Waals surface area contributed by atoms with E-state index in [4.69, 9.17) is 0 Å². The highest BCUT2D eigenvalue weighted by Gasteiger charge is 2.19. The molecule has 0 bridgehead atoms. The number of rotatable bonds is 2. The first-order chi connectivity index (χ1) is 14.6. The van der Waals surface area contributed by atoms with E-state index < -0.39 is 0 Å². The quantitative estimate of drug-likeness (QED) is 0.446. The fraction of sp³-hybridized carbons (Fsp3) is 0.929. The molecular formula is C28H52O2. The second-order valence-corrected chi connectivity index (χ2v) is 10.4. The molecule has 1 unspecified atom stereocenters. The first kappa shape index (κ1) is 27.4. The Morgan fingerprint density at radius 2 is 0.933 bits per heavy atom. The molecule has 2 aliphatic carbocycles. The standard InChI is InChI=1S/C16H30O.C12H22O/c1-14(2)13-15-11-9-7-5-3-4-6-8-10-12-16(15)17;13-12-10-8-6-4-2-1-3-5-7-9-11-12/h14-15H,3-13H2,1-2H3;1-11H2. The van der Waals surface area contributed by atoms with Gasteiger partial charge in [-0.25, -0.2) is 0 Å². The molecule has 30 heavy (non-hydrogen) atoms. The van der Waals surface area contributed by atoms with E-state index in [0.29, 0.717) is 23.4 Å². The van der Waals surface area contributed by atoms with Crippen LogP contribution in [0.2, 0.25) is 0 Å². The third-order valence-corrected chi connectivity index (χ3v) is 6.85. The Labute approximate surface area is 188 Å². The highest BCUT2D eigenvalue weighted by atomic mass is 16.1. The van der Waals surface area contributed by atoms with Gasteiger partial charge in [0.1, 0.15) is 11.6 Å². The lowest BCUT2D eigenvalue weighted by Crippen LogP contribution is -2.17. The van der Waals surface area contributed by atoms with E-state index in [0.717, 1.165) is 51.4 Å². The SMILES string of the molecule is CC(C)CC1CCCCCCCCCCC1=O.O=C1CCCCCCCCCCC1. The molecule has 0 spiro atoms. The molecule has 0 aromatic heterocycles. The van der Waals surface area contributed by atoms with Crippen molar-refractivity contribution in [1.29, 1.82) is 0 Å². The topological polar surface area (TPSA) is 34.1 Å². The predicted molar refractivity (Wildman–Crippen MR) is 130 cm³/mol. The third kappa shape index (κ3) is 16.1. The smallest absolute Gasteiger partial charge is 0.135 e. The zero-order valence-corrected chi connectivity index (χ0v) is 20.5. The van der Waals surface area contributed by atoms with Crippen molar-refractivity contribution < 1.29 is 9.59 Å². The minimum Gasteiger partial charge on any atom is -0.300 e. The summed E-state index contributed by atoms with van der Waals surface area (Å²) in [4.78, 5) is 23.5. The second-order valence-electron chi connectivity index (χ2n) is 10.4. The van der Waals surface area contributed by atoms with Crippen molar-refractivity contribution in [2.75, 3.05) is 0 Å². The molecular weight excluding hydrogens is 368 g/mol. The van der Waals surface area contributed by atoms with E-state index in [1.165, 1.54) is 89.9 Å². The molecule has 0 aromatic rings. The minimum absolute atomic E-state index is 0.370. The fourth-order valence-electron chi connectivity index (χ4n) is 4.94. The summed E-state index contributed by atoms with van der Waals surface area (Å²) < 4.78 is 0. The van der Waals surface area contributed by atoms with E-state index in [9.17, 15) is 9.59 Å². The molecule has 2 rings (SSSR count). The van der Waals surface area contributed by atoms with Crippen molar-refractivity contribution in [1.82, 2.24) is 0 Å². The molecule has 0 amide bonds.